The summed E-state index contributed by atoms with van der Waals surface area (Å²) < 4.78 is 5.07. The van der Waals surface area contributed by atoms with Gasteiger partial charge in [0.25, 0.3) is 0 Å². The van der Waals surface area contributed by atoms with Crippen LogP contribution in [0.5, 0.6) is 5.75 Å². The Bertz CT molecular complexity index is 668. The summed E-state index contributed by atoms with van der Waals surface area (Å²) in [4.78, 5) is 16.8. The molecule has 0 atom stereocenters. The minimum atomic E-state index is -0.118. The lowest BCUT2D eigenvalue weighted by atomic mass is 10.1. The maximum absolute atomic E-state index is 11.9. The molecule has 2 rings (SSSR count). The molecule has 0 bridgehead atoms. The van der Waals surface area contributed by atoms with Crippen molar-refractivity contribution in [2.45, 2.75) is 6.42 Å². The highest BCUT2D eigenvalue weighted by molar-refractivity contribution is 7.16. The number of hydrogen-bond donors (Lipinski definition) is 2. The quantitative estimate of drug-likeness (QED) is 0.842. The van der Waals surface area contributed by atoms with Crippen molar-refractivity contribution in [2.24, 2.45) is 5.73 Å². The molecule has 5 nitrogen and oxygen atoms in total. The third-order valence-electron chi connectivity index (χ3n) is 2.59. The topological polar surface area (TPSA) is 77.2 Å². The van der Waals surface area contributed by atoms with Crippen LogP contribution in [0.25, 0.3) is 0 Å². The third kappa shape index (κ3) is 4.60. The average molecular weight is 301 g/mol. The molecule has 6 heteroatoms. The standard InChI is InChI=1S/C15H15N3O2S/c1-20-12-6-4-11(5-7-12)9-14(19)18-15-17-10-13(21-15)3-2-8-16/h4-7,10H,8-9,16H2,1H3,(H,17,18,19). The van der Waals surface area contributed by atoms with Gasteiger partial charge in [-0.25, -0.2) is 4.98 Å². The summed E-state index contributed by atoms with van der Waals surface area (Å²) in [6.07, 6.45) is 1.91. The first-order valence-corrected chi connectivity index (χ1v) is 7.10. The third-order valence-corrected chi connectivity index (χ3v) is 3.42. The number of benzene rings is 1. The van der Waals surface area contributed by atoms with Crippen molar-refractivity contribution >= 4 is 22.4 Å². The predicted octanol–water partition coefficient (Wildman–Crippen LogP) is 1.64. The second-order valence-electron chi connectivity index (χ2n) is 4.11. The summed E-state index contributed by atoms with van der Waals surface area (Å²) in [6, 6.07) is 7.37. The van der Waals surface area contributed by atoms with Crippen molar-refractivity contribution in [2.75, 3.05) is 19.0 Å². The van der Waals surface area contributed by atoms with E-state index in [4.69, 9.17) is 10.5 Å². The molecular weight excluding hydrogens is 286 g/mol. The number of aromatic nitrogens is 1. The summed E-state index contributed by atoms with van der Waals surface area (Å²) in [5.41, 5.74) is 6.21. The monoisotopic (exact) mass is 301 g/mol. The van der Waals surface area contributed by atoms with Crippen molar-refractivity contribution in [1.29, 1.82) is 0 Å². The first-order valence-electron chi connectivity index (χ1n) is 6.29. The van der Waals surface area contributed by atoms with Crippen LogP contribution in [0, 0.1) is 11.8 Å². The number of hydrogen-bond acceptors (Lipinski definition) is 5. The Morgan fingerprint density at radius 2 is 2.19 bits per heavy atom. The van der Waals surface area contributed by atoms with Crippen molar-refractivity contribution in [3.63, 3.8) is 0 Å². The number of nitrogens with zero attached hydrogens (tertiary/aromatic N) is 1. The lowest BCUT2D eigenvalue weighted by Gasteiger charge is -2.03. The van der Waals surface area contributed by atoms with Gasteiger partial charge in [0.05, 0.1) is 31.1 Å². The molecule has 0 fully saturated rings. The number of anilines is 1. The maximum Gasteiger partial charge on any atom is 0.230 e. The number of nitrogens with one attached hydrogen (secondary N) is 1. The van der Waals surface area contributed by atoms with Crippen molar-refractivity contribution < 1.29 is 9.53 Å². The Hall–Kier alpha value is -2.36. The molecule has 21 heavy (non-hydrogen) atoms. The summed E-state index contributed by atoms with van der Waals surface area (Å²) in [5, 5.41) is 3.29. The molecule has 0 saturated heterocycles. The molecule has 0 aliphatic carbocycles. The SMILES string of the molecule is COc1ccc(CC(=O)Nc2ncc(C#CCN)s2)cc1. The molecule has 1 aromatic heterocycles. The molecule has 0 aliphatic rings. The predicted molar refractivity (Wildman–Crippen MR) is 83.4 cm³/mol. The highest BCUT2D eigenvalue weighted by atomic mass is 32.1. The molecule has 2 aromatic rings. The summed E-state index contributed by atoms with van der Waals surface area (Å²) in [5.74, 6) is 6.27. The fraction of sp³-hybridized carbons (Fsp3) is 0.200. The Kier molecular flexibility index (Phi) is 5.32. The Labute approximate surface area is 127 Å². The van der Waals surface area contributed by atoms with Gasteiger partial charge in [-0.15, -0.1) is 0 Å². The van der Waals surface area contributed by atoms with E-state index in [2.05, 4.69) is 22.1 Å². The zero-order chi connectivity index (χ0) is 15.1. The smallest absolute Gasteiger partial charge is 0.230 e. The average Bonchev–Trinajstić information content (AvgIpc) is 2.93. The van der Waals surface area contributed by atoms with Crippen LogP contribution in [0.3, 0.4) is 0 Å². The number of carbonyl (C=O) groups is 1. The van der Waals surface area contributed by atoms with Gasteiger partial charge in [-0.05, 0) is 17.7 Å². The van der Waals surface area contributed by atoms with Gasteiger partial charge in [0.15, 0.2) is 5.13 Å². The molecule has 0 radical (unpaired) electrons. The maximum atomic E-state index is 11.9. The lowest BCUT2D eigenvalue weighted by molar-refractivity contribution is -0.115. The van der Waals surface area contributed by atoms with E-state index < -0.39 is 0 Å². The van der Waals surface area contributed by atoms with Gasteiger partial charge in [-0.2, -0.15) is 0 Å². The van der Waals surface area contributed by atoms with Crippen molar-refractivity contribution in [1.82, 2.24) is 4.98 Å². The van der Waals surface area contributed by atoms with E-state index >= 15 is 0 Å². The number of rotatable bonds is 4. The minimum Gasteiger partial charge on any atom is -0.497 e. The van der Waals surface area contributed by atoms with Gasteiger partial charge in [-0.3, -0.25) is 4.79 Å². The van der Waals surface area contributed by atoms with E-state index in [0.717, 1.165) is 16.2 Å². The van der Waals surface area contributed by atoms with E-state index in [0.29, 0.717) is 11.7 Å². The molecule has 0 aliphatic heterocycles. The van der Waals surface area contributed by atoms with E-state index in [1.807, 2.05) is 24.3 Å². The second kappa shape index (κ2) is 7.43. The van der Waals surface area contributed by atoms with Gasteiger partial charge < -0.3 is 15.8 Å². The Morgan fingerprint density at radius 3 is 2.86 bits per heavy atom. The van der Waals surface area contributed by atoms with E-state index in [9.17, 15) is 4.79 Å². The summed E-state index contributed by atoms with van der Waals surface area (Å²) >= 11 is 1.33. The fourth-order valence-corrected chi connectivity index (χ4v) is 2.33. The second-order valence-corrected chi connectivity index (χ2v) is 5.14. The molecule has 3 N–H and O–H groups in total. The van der Waals surface area contributed by atoms with E-state index in [1.165, 1.54) is 11.3 Å². The van der Waals surface area contributed by atoms with Crippen LogP contribution < -0.4 is 15.8 Å². The van der Waals surface area contributed by atoms with E-state index in [-0.39, 0.29) is 12.3 Å². The molecule has 1 amide bonds. The summed E-state index contributed by atoms with van der Waals surface area (Å²) in [6.45, 7) is 0.303. The van der Waals surface area contributed by atoms with Gasteiger partial charge in [0.1, 0.15) is 5.75 Å². The number of thiazole rings is 1. The van der Waals surface area contributed by atoms with Crippen LogP contribution in [0.15, 0.2) is 30.5 Å². The van der Waals surface area contributed by atoms with Crippen LogP contribution in [-0.2, 0) is 11.2 Å². The number of ether oxygens (including phenoxy) is 1. The van der Waals surface area contributed by atoms with Gasteiger partial charge in [0, 0.05) is 0 Å². The number of methoxy groups -OCH3 is 1. The Balaban J connectivity index is 1.93. The molecule has 0 spiro atoms. The highest BCUT2D eigenvalue weighted by Crippen LogP contribution is 2.17. The lowest BCUT2D eigenvalue weighted by Crippen LogP contribution is -2.14. The molecule has 0 unspecified atom stereocenters. The Morgan fingerprint density at radius 1 is 1.43 bits per heavy atom. The zero-order valence-electron chi connectivity index (χ0n) is 11.6. The zero-order valence-corrected chi connectivity index (χ0v) is 12.4. The van der Waals surface area contributed by atoms with Crippen molar-refractivity contribution in [3.05, 3.63) is 40.9 Å². The normalized spacial score (nSPS) is 9.62. The van der Waals surface area contributed by atoms with Crippen molar-refractivity contribution in [3.8, 4) is 17.6 Å². The van der Waals surface area contributed by atoms with Crippen LogP contribution in [0.2, 0.25) is 0 Å². The number of amides is 1. The molecule has 1 aromatic carbocycles. The van der Waals surface area contributed by atoms with Gasteiger partial charge in [-0.1, -0.05) is 35.3 Å². The number of nitrogens with two attached hydrogens (primary N) is 1. The first kappa shape index (κ1) is 15.0. The van der Waals surface area contributed by atoms with Gasteiger partial charge >= 0.3 is 0 Å². The minimum absolute atomic E-state index is 0.118. The first-order chi connectivity index (χ1) is 10.2. The summed E-state index contributed by atoms with van der Waals surface area (Å²) in [7, 11) is 1.61. The van der Waals surface area contributed by atoms with Gasteiger partial charge in [0.2, 0.25) is 5.91 Å². The molecular formula is C15H15N3O2S. The fourth-order valence-electron chi connectivity index (χ4n) is 1.62. The van der Waals surface area contributed by atoms with Crippen LogP contribution in [-0.4, -0.2) is 24.5 Å². The molecule has 1 heterocycles. The van der Waals surface area contributed by atoms with Crippen LogP contribution in [0.4, 0.5) is 5.13 Å². The largest absolute Gasteiger partial charge is 0.497 e. The highest BCUT2D eigenvalue weighted by Gasteiger charge is 2.07. The van der Waals surface area contributed by atoms with E-state index in [1.54, 1.807) is 13.3 Å². The number of carbonyl (C=O) groups excluding carboxylic acids is 1. The molecule has 0 saturated carbocycles. The van der Waals surface area contributed by atoms with Crippen LogP contribution in [0.1, 0.15) is 10.4 Å². The molecule has 108 valence electrons. The van der Waals surface area contributed by atoms with Crippen LogP contribution >= 0.6 is 11.3 Å².